The van der Waals surface area contributed by atoms with E-state index in [1.54, 1.807) is 18.2 Å². The number of halogens is 1. The third kappa shape index (κ3) is 5.63. The fraction of sp³-hybridized carbons (Fsp3) is 0.471. The Morgan fingerprint density at radius 2 is 2.12 bits per heavy atom. The first kappa shape index (κ1) is 18.4. The van der Waals surface area contributed by atoms with Gasteiger partial charge in [0, 0.05) is 23.1 Å². The van der Waals surface area contributed by atoms with E-state index in [-0.39, 0.29) is 12.5 Å². The third-order valence-electron chi connectivity index (χ3n) is 3.76. The first-order valence-electron chi connectivity index (χ1n) is 7.99. The minimum atomic E-state index is -0.932. The average molecular weight is 397 g/mol. The van der Waals surface area contributed by atoms with E-state index in [4.69, 9.17) is 4.74 Å². The molecule has 1 fully saturated rings. The van der Waals surface area contributed by atoms with E-state index in [1.807, 2.05) is 6.07 Å². The van der Waals surface area contributed by atoms with Crippen molar-refractivity contribution in [3.8, 4) is 0 Å². The number of nitrogens with zero attached hydrogens (tertiary/aromatic N) is 1. The van der Waals surface area contributed by atoms with Crippen LogP contribution in [0.2, 0.25) is 0 Å². The van der Waals surface area contributed by atoms with Crippen molar-refractivity contribution in [2.24, 2.45) is 0 Å². The Morgan fingerprint density at radius 3 is 2.88 bits per heavy atom. The Hall–Kier alpha value is -1.89. The zero-order valence-electron chi connectivity index (χ0n) is 13.6. The summed E-state index contributed by atoms with van der Waals surface area (Å²) in [6.07, 6.45) is 2.27. The van der Waals surface area contributed by atoms with E-state index in [1.165, 1.54) is 11.8 Å². The lowest BCUT2D eigenvalue weighted by atomic mass is 10.2. The predicted molar refractivity (Wildman–Crippen MR) is 93.4 cm³/mol. The van der Waals surface area contributed by atoms with Gasteiger partial charge in [0.05, 0.1) is 0 Å². The highest BCUT2D eigenvalue weighted by molar-refractivity contribution is 9.10. The van der Waals surface area contributed by atoms with Crippen molar-refractivity contribution in [3.05, 3.63) is 28.7 Å². The molecule has 1 aliphatic rings. The molecular formula is C17H21BrN2O4. The molecule has 1 saturated heterocycles. The largest absolute Gasteiger partial charge is 0.451 e. The molecule has 2 amide bonds. The smallest absolute Gasteiger partial charge is 0.326 e. The molecule has 0 saturated carbocycles. The standard InChI is InChI=1S/C17H21BrN2O4/c1-12(17(23)19-14-7-5-6-13(18)10-14)24-16(22)11-20-9-4-2-3-8-15(20)21/h5-7,10,12H,2-4,8-9,11H2,1H3,(H,19,23)/t12-/m0/s1. The first-order chi connectivity index (χ1) is 11.5. The maximum absolute atomic E-state index is 12.1. The first-order valence-corrected chi connectivity index (χ1v) is 8.78. The zero-order valence-corrected chi connectivity index (χ0v) is 15.2. The number of anilines is 1. The molecule has 0 radical (unpaired) electrons. The average Bonchev–Trinajstić information content (AvgIpc) is 2.72. The van der Waals surface area contributed by atoms with E-state index in [0.29, 0.717) is 18.7 Å². The second kappa shape index (κ2) is 8.82. The summed E-state index contributed by atoms with van der Waals surface area (Å²) in [6, 6.07) is 7.13. The molecule has 6 nitrogen and oxygen atoms in total. The van der Waals surface area contributed by atoms with Gasteiger partial charge in [0.25, 0.3) is 5.91 Å². The number of benzene rings is 1. The van der Waals surface area contributed by atoms with Crippen molar-refractivity contribution >= 4 is 39.4 Å². The number of hydrogen-bond donors (Lipinski definition) is 1. The van der Waals surface area contributed by atoms with Crippen molar-refractivity contribution in [2.75, 3.05) is 18.4 Å². The summed E-state index contributed by atoms with van der Waals surface area (Å²) in [4.78, 5) is 37.5. The summed E-state index contributed by atoms with van der Waals surface area (Å²) in [5.41, 5.74) is 0.611. The van der Waals surface area contributed by atoms with Crippen molar-refractivity contribution in [2.45, 2.75) is 38.7 Å². The van der Waals surface area contributed by atoms with Gasteiger partial charge in [-0.25, -0.2) is 0 Å². The summed E-state index contributed by atoms with van der Waals surface area (Å²) in [7, 11) is 0. The number of carbonyl (C=O) groups excluding carboxylic acids is 3. The molecule has 1 heterocycles. The van der Waals surface area contributed by atoms with Gasteiger partial charge in [-0.15, -0.1) is 0 Å². The molecule has 0 aliphatic carbocycles. The molecule has 0 unspecified atom stereocenters. The van der Waals surface area contributed by atoms with Crippen LogP contribution in [0.5, 0.6) is 0 Å². The van der Waals surface area contributed by atoms with E-state index in [9.17, 15) is 14.4 Å². The number of likely N-dealkylation sites (tertiary alicyclic amines) is 1. The maximum Gasteiger partial charge on any atom is 0.326 e. The SMILES string of the molecule is C[C@H](OC(=O)CN1CCCCCC1=O)C(=O)Nc1cccc(Br)c1. The Balaban J connectivity index is 1.84. The molecule has 0 aromatic heterocycles. The Bertz CT molecular complexity index is 620. The van der Waals surface area contributed by atoms with Crippen LogP contribution in [0.1, 0.15) is 32.6 Å². The Labute approximate surface area is 149 Å². The van der Waals surface area contributed by atoms with Crippen LogP contribution in [0.25, 0.3) is 0 Å². The molecule has 1 N–H and O–H groups in total. The molecule has 1 atom stereocenters. The fourth-order valence-corrected chi connectivity index (χ4v) is 2.86. The van der Waals surface area contributed by atoms with Gasteiger partial charge < -0.3 is 15.0 Å². The van der Waals surface area contributed by atoms with Gasteiger partial charge in [-0.1, -0.05) is 28.4 Å². The van der Waals surface area contributed by atoms with Gasteiger partial charge in [-0.3, -0.25) is 14.4 Å². The highest BCUT2D eigenvalue weighted by Gasteiger charge is 2.23. The zero-order chi connectivity index (χ0) is 17.5. The van der Waals surface area contributed by atoms with E-state index < -0.39 is 18.0 Å². The van der Waals surface area contributed by atoms with Crippen LogP contribution >= 0.6 is 15.9 Å². The normalized spacial score (nSPS) is 16.2. The van der Waals surface area contributed by atoms with E-state index >= 15 is 0 Å². The molecule has 1 aromatic rings. The number of amides is 2. The minimum Gasteiger partial charge on any atom is -0.451 e. The monoisotopic (exact) mass is 396 g/mol. The van der Waals surface area contributed by atoms with Gasteiger partial charge >= 0.3 is 5.97 Å². The predicted octanol–water partition coefficient (Wildman–Crippen LogP) is 2.72. The summed E-state index contributed by atoms with van der Waals surface area (Å²) in [5.74, 6) is -1.01. The van der Waals surface area contributed by atoms with Crippen molar-refractivity contribution in [3.63, 3.8) is 0 Å². The van der Waals surface area contributed by atoms with Crippen LogP contribution in [0.3, 0.4) is 0 Å². The van der Waals surface area contributed by atoms with E-state index in [2.05, 4.69) is 21.2 Å². The molecule has 24 heavy (non-hydrogen) atoms. The highest BCUT2D eigenvalue weighted by atomic mass is 79.9. The Morgan fingerprint density at radius 1 is 1.33 bits per heavy atom. The number of hydrogen-bond acceptors (Lipinski definition) is 4. The third-order valence-corrected chi connectivity index (χ3v) is 4.25. The Kier molecular flexibility index (Phi) is 6.78. The summed E-state index contributed by atoms with van der Waals surface area (Å²) in [5, 5.41) is 2.68. The summed E-state index contributed by atoms with van der Waals surface area (Å²) in [6.45, 7) is 1.97. The number of ether oxygens (including phenoxy) is 1. The summed E-state index contributed by atoms with van der Waals surface area (Å²) >= 11 is 3.32. The van der Waals surface area contributed by atoms with Gasteiger partial charge in [-0.05, 0) is 38.0 Å². The van der Waals surface area contributed by atoms with Crippen LogP contribution in [-0.2, 0) is 19.1 Å². The summed E-state index contributed by atoms with van der Waals surface area (Å²) < 4.78 is 5.99. The number of carbonyl (C=O) groups is 3. The van der Waals surface area contributed by atoms with Crippen molar-refractivity contribution < 1.29 is 19.1 Å². The molecule has 0 spiro atoms. The fourth-order valence-electron chi connectivity index (χ4n) is 2.46. The molecule has 1 aliphatic heterocycles. The lowest BCUT2D eigenvalue weighted by molar-refractivity contribution is -0.156. The maximum atomic E-state index is 12.1. The number of nitrogens with one attached hydrogen (secondary N) is 1. The van der Waals surface area contributed by atoms with Gasteiger partial charge in [0.2, 0.25) is 5.91 Å². The number of esters is 1. The molecule has 2 rings (SSSR count). The van der Waals surface area contributed by atoms with E-state index in [0.717, 1.165) is 23.7 Å². The lowest BCUT2D eigenvalue weighted by Gasteiger charge is -2.20. The lowest BCUT2D eigenvalue weighted by Crippen LogP contribution is -2.38. The number of rotatable bonds is 5. The topological polar surface area (TPSA) is 75.7 Å². The van der Waals surface area contributed by atoms with Crippen LogP contribution in [0.4, 0.5) is 5.69 Å². The molecule has 1 aromatic carbocycles. The molecule has 7 heteroatoms. The van der Waals surface area contributed by atoms with Crippen LogP contribution in [-0.4, -0.2) is 41.9 Å². The minimum absolute atomic E-state index is 0.0318. The quantitative estimate of drug-likeness (QED) is 0.776. The molecular weight excluding hydrogens is 376 g/mol. The van der Waals surface area contributed by atoms with Gasteiger partial charge in [0.15, 0.2) is 6.10 Å². The van der Waals surface area contributed by atoms with Crippen molar-refractivity contribution in [1.82, 2.24) is 4.90 Å². The molecule has 0 bridgehead atoms. The highest BCUT2D eigenvalue weighted by Crippen LogP contribution is 2.16. The van der Waals surface area contributed by atoms with Crippen LogP contribution < -0.4 is 5.32 Å². The van der Waals surface area contributed by atoms with Gasteiger partial charge in [0.1, 0.15) is 6.54 Å². The van der Waals surface area contributed by atoms with Crippen molar-refractivity contribution in [1.29, 1.82) is 0 Å². The second-order valence-electron chi connectivity index (χ2n) is 5.76. The van der Waals surface area contributed by atoms with Gasteiger partial charge in [-0.2, -0.15) is 0 Å². The molecule has 130 valence electrons. The second-order valence-corrected chi connectivity index (χ2v) is 6.67. The van der Waals surface area contributed by atoms with Crippen LogP contribution in [0, 0.1) is 0 Å². The van der Waals surface area contributed by atoms with Crippen LogP contribution in [0.15, 0.2) is 28.7 Å².